The quantitative estimate of drug-likeness (QED) is 0.633. The lowest BCUT2D eigenvalue weighted by atomic mass is 9.83. The van der Waals surface area contributed by atoms with Gasteiger partial charge in [-0.1, -0.05) is 34.3 Å². The first-order valence-corrected chi connectivity index (χ1v) is 11.8. The van der Waals surface area contributed by atoms with Crippen molar-refractivity contribution in [2.45, 2.75) is 31.8 Å². The molecule has 0 aromatic rings. The van der Waals surface area contributed by atoms with Crippen LogP contribution in [0.4, 0.5) is 0 Å². The summed E-state index contributed by atoms with van der Waals surface area (Å²) < 4.78 is 0. The number of hydrogen-bond donors (Lipinski definition) is 0. The summed E-state index contributed by atoms with van der Waals surface area (Å²) in [6.45, 7) is 2.43. The van der Waals surface area contributed by atoms with E-state index in [0.29, 0.717) is 0 Å². The largest absolute Gasteiger partial charge is 0.110 e. The molecule has 0 aliphatic heterocycles. The Bertz CT molecular complexity index is 282. The molecule has 0 aromatic carbocycles. The SMILES string of the molecule is C[C@@H]1C2=CCC=C2CC[C@@H]1P(P)PP. The molecule has 0 heterocycles. The number of fused-ring (bicyclic) bond motifs is 1. The van der Waals surface area contributed by atoms with Crippen LogP contribution in [0.25, 0.3) is 0 Å². The van der Waals surface area contributed by atoms with Gasteiger partial charge >= 0.3 is 0 Å². The molecule has 4 heteroatoms. The maximum absolute atomic E-state index is 3.10. The van der Waals surface area contributed by atoms with E-state index in [9.17, 15) is 0 Å². The maximum Gasteiger partial charge on any atom is -0.00666 e. The Kier molecular flexibility index (Phi) is 4.19. The highest BCUT2D eigenvalue weighted by molar-refractivity contribution is 8.61. The molecule has 2 aliphatic rings. The first kappa shape index (κ1) is 11.7. The summed E-state index contributed by atoms with van der Waals surface area (Å²) in [5.74, 6) is 0.814. The van der Waals surface area contributed by atoms with Crippen LogP contribution in [0.5, 0.6) is 0 Å². The van der Waals surface area contributed by atoms with Crippen molar-refractivity contribution < 1.29 is 0 Å². The van der Waals surface area contributed by atoms with Gasteiger partial charge in [-0.15, -0.1) is 17.9 Å². The van der Waals surface area contributed by atoms with Gasteiger partial charge in [0.05, 0.1) is 0 Å². The Labute approximate surface area is 94.4 Å². The van der Waals surface area contributed by atoms with Crippen molar-refractivity contribution in [1.82, 2.24) is 0 Å². The molecule has 0 spiro atoms. The highest BCUT2D eigenvalue weighted by atomic mass is 32.6. The van der Waals surface area contributed by atoms with Crippen molar-refractivity contribution in [2.75, 3.05) is 0 Å². The van der Waals surface area contributed by atoms with Crippen LogP contribution in [0.15, 0.2) is 23.3 Å². The molecule has 0 bridgehead atoms. The summed E-state index contributed by atoms with van der Waals surface area (Å²) in [7, 11) is 7.27. The Morgan fingerprint density at radius 3 is 3.00 bits per heavy atom. The van der Waals surface area contributed by atoms with E-state index in [1.807, 2.05) is 0 Å². The molecule has 4 unspecified atom stereocenters. The van der Waals surface area contributed by atoms with E-state index in [4.69, 9.17) is 0 Å². The summed E-state index contributed by atoms with van der Waals surface area (Å²) in [6.07, 6.45) is 8.83. The summed E-state index contributed by atoms with van der Waals surface area (Å²) in [4.78, 5) is 0. The summed E-state index contributed by atoms with van der Waals surface area (Å²) >= 11 is 0. The summed E-state index contributed by atoms with van der Waals surface area (Å²) in [5.41, 5.74) is 4.29. The van der Waals surface area contributed by atoms with Crippen molar-refractivity contribution >= 4 is 33.1 Å². The summed E-state index contributed by atoms with van der Waals surface area (Å²) in [6, 6.07) is 0. The first-order chi connectivity index (χ1) is 6.74. The van der Waals surface area contributed by atoms with Crippen LogP contribution in [0.3, 0.4) is 0 Å². The smallest absolute Gasteiger partial charge is 0.00666 e. The highest BCUT2D eigenvalue weighted by Gasteiger charge is 2.32. The van der Waals surface area contributed by atoms with Crippen LogP contribution in [0, 0.1) is 5.92 Å². The van der Waals surface area contributed by atoms with Crippen molar-refractivity contribution in [2.24, 2.45) is 5.92 Å². The lowest BCUT2D eigenvalue weighted by molar-refractivity contribution is 0.556. The van der Waals surface area contributed by atoms with E-state index >= 15 is 0 Å². The maximum atomic E-state index is 3.10. The minimum Gasteiger partial charge on any atom is -0.110 e. The third-order valence-corrected chi connectivity index (χ3v) is 14.8. The van der Waals surface area contributed by atoms with Crippen molar-refractivity contribution in [1.29, 1.82) is 0 Å². The second-order valence-electron chi connectivity index (χ2n) is 4.06. The molecule has 0 amide bonds. The molecule has 2 rings (SSSR count). The molecule has 0 nitrogen and oxygen atoms in total. The normalized spacial score (nSPS) is 34.2. The molecule has 78 valence electrons. The summed E-state index contributed by atoms with van der Waals surface area (Å²) in [5, 5.41) is 0. The molecule has 0 radical (unpaired) electrons. The zero-order chi connectivity index (χ0) is 10.1. The van der Waals surface area contributed by atoms with Crippen LogP contribution in [0.2, 0.25) is 0 Å². The monoisotopic (exact) mass is 262 g/mol. The zero-order valence-corrected chi connectivity index (χ0v) is 12.7. The Morgan fingerprint density at radius 1 is 1.50 bits per heavy atom. The van der Waals surface area contributed by atoms with Gasteiger partial charge in [-0.05, 0) is 42.0 Å². The average molecular weight is 262 g/mol. The van der Waals surface area contributed by atoms with Gasteiger partial charge in [-0.25, -0.2) is 0 Å². The van der Waals surface area contributed by atoms with Gasteiger partial charge in [0.25, 0.3) is 0 Å². The Hall–Kier alpha value is 1.20. The lowest BCUT2D eigenvalue weighted by Gasteiger charge is -2.35. The van der Waals surface area contributed by atoms with Crippen LogP contribution >= 0.6 is 33.1 Å². The Balaban J connectivity index is 2.14. The van der Waals surface area contributed by atoms with Gasteiger partial charge in [0, 0.05) is 0 Å². The zero-order valence-electron chi connectivity index (χ0n) is 8.53. The molecular weight excluding hydrogens is 244 g/mol. The molecule has 0 aromatic heterocycles. The standard InChI is InChI=1S/C10H18P4/c1-7-9-4-2-3-8(9)5-6-10(7)14(12)13-11/h3-4,7,10,13H,2,5-6,11-12H2,1H3/t7-,10+,14?/m1/s1. The third-order valence-electron chi connectivity index (χ3n) is 3.36. The minimum atomic E-state index is 0.180. The third kappa shape index (κ3) is 2.15. The van der Waals surface area contributed by atoms with E-state index in [1.54, 1.807) is 11.1 Å². The molecular formula is C10H18P4. The molecule has 1 fully saturated rings. The predicted octanol–water partition coefficient (Wildman–Crippen LogP) is 4.70. The van der Waals surface area contributed by atoms with E-state index in [0.717, 1.165) is 19.5 Å². The molecule has 2 aliphatic carbocycles. The fourth-order valence-electron chi connectivity index (χ4n) is 2.54. The van der Waals surface area contributed by atoms with Crippen LogP contribution < -0.4 is 0 Å². The predicted molar refractivity (Wildman–Crippen MR) is 77.6 cm³/mol. The molecule has 0 saturated heterocycles. The molecule has 1 saturated carbocycles. The van der Waals surface area contributed by atoms with Gasteiger partial charge in [-0.2, -0.15) is 0 Å². The van der Waals surface area contributed by atoms with Crippen LogP contribution in [-0.4, -0.2) is 5.66 Å². The van der Waals surface area contributed by atoms with Gasteiger partial charge in [-0.3, -0.25) is 0 Å². The van der Waals surface area contributed by atoms with Gasteiger partial charge in [0.1, 0.15) is 0 Å². The van der Waals surface area contributed by atoms with Gasteiger partial charge in [0.2, 0.25) is 0 Å². The molecule has 14 heavy (non-hydrogen) atoms. The van der Waals surface area contributed by atoms with E-state index < -0.39 is 0 Å². The lowest BCUT2D eigenvalue weighted by Crippen LogP contribution is -2.21. The first-order valence-electron chi connectivity index (χ1n) is 5.13. The number of rotatable bonds is 2. The fraction of sp³-hybridized carbons (Fsp3) is 0.600. The van der Waals surface area contributed by atoms with Crippen LogP contribution in [0.1, 0.15) is 26.2 Å². The van der Waals surface area contributed by atoms with E-state index in [1.165, 1.54) is 19.3 Å². The van der Waals surface area contributed by atoms with Gasteiger partial charge in [0.15, 0.2) is 0 Å². The van der Waals surface area contributed by atoms with Crippen LogP contribution in [-0.2, 0) is 0 Å². The van der Waals surface area contributed by atoms with Crippen molar-refractivity contribution in [3.8, 4) is 0 Å². The molecule has 6 atom stereocenters. The highest BCUT2D eigenvalue weighted by Crippen LogP contribution is 2.72. The Morgan fingerprint density at radius 2 is 2.29 bits per heavy atom. The fourth-order valence-corrected chi connectivity index (χ4v) is 8.36. The van der Waals surface area contributed by atoms with E-state index in [2.05, 4.69) is 36.9 Å². The minimum absolute atomic E-state index is 0.180. The topological polar surface area (TPSA) is 0 Å². The average Bonchev–Trinajstić information content (AvgIpc) is 2.66. The van der Waals surface area contributed by atoms with E-state index in [-0.39, 0.29) is 7.30 Å². The van der Waals surface area contributed by atoms with Crippen molar-refractivity contribution in [3.05, 3.63) is 23.3 Å². The second kappa shape index (κ2) is 5.02. The number of allylic oxidation sites excluding steroid dienone is 4. The molecule has 0 N–H and O–H groups in total. The van der Waals surface area contributed by atoms with Gasteiger partial charge < -0.3 is 0 Å². The van der Waals surface area contributed by atoms with Crippen molar-refractivity contribution in [3.63, 3.8) is 0 Å². The second-order valence-corrected chi connectivity index (χ2v) is 13.7. The number of hydrogen-bond acceptors (Lipinski definition) is 0.